The van der Waals surface area contributed by atoms with Crippen LogP contribution in [0.5, 0.6) is 0 Å². The Labute approximate surface area is 140 Å². The van der Waals surface area contributed by atoms with Crippen molar-refractivity contribution in [2.45, 2.75) is 18.9 Å². The van der Waals surface area contributed by atoms with Crippen molar-refractivity contribution in [3.8, 4) is 0 Å². The van der Waals surface area contributed by atoms with Crippen LogP contribution in [-0.4, -0.2) is 67.0 Å². The fraction of sp³-hybridized carbons (Fsp3) is 0.471. The van der Waals surface area contributed by atoms with Crippen LogP contribution in [0.15, 0.2) is 30.3 Å². The predicted molar refractivity (Wildman–Crippen MR) is 87.5 cm³/mol. The number of nitrogens with zero attached hydrogens (tertiary/aromatic N) is 3. The van der Waals surface area contributed by atoms with E-state index in [4.69, 9.17) is 4.74 Å². The monoisotopic (exact) mass is 331 g/mol. The van der Waals surface area contributed by atoms with Gasteiger partial charge in [-0.1, -0.05) is 18.2 Å². The molecule has 2 aliphatic heterocycles. The predicted octanol–water partition coefficient (Wildman–Crippen LogP) is 1.09. The topological polar surface area (TPSA) is 70.2 Å². The number of piperidine rings is 1. The van der Waals surface area contributed by atoms with E-state index in [1.54, 1.807) is 34.1 Å². The molecule has 2 fully saturated rings. The summed E-state index contributed by atoms with van der Waals surface area (Å²) in [4.78, 5) is 41.4. The molecule has 0 saturated carbocycles. The van der Waals surface area contributed by atoms with Gasteiger partial charge in [0, 0.05) is 26.2 Å². The average molecular weight is 331 g/mol. The minimum atomic E-state index is -0.270. The van der Waals surface area contributed by atoms with Gasteiger partial charge in [0.1, 0.15) is 13.2 Å². The van der Waals surface area contributed by atoms with Crippen LogP contribution in [0.3, 0.4) is 0 Å². The van der Waals surface area contributed by atoms with E-state index >= 15 is 0 Å². The van der Waals surface area contributed by atoms with Crippen molar-refractivity contribution >= 4 is 23.5 Å². The van der Waals surface area contributed by atoms with E-state index in [1.807, 2.05) is 6.07 Å². The van der Waals surface area contributed by atoms with Crippen molar-refractivity contribution in [3.63, 3.8) is 0 Å². The number of ether oxygens (including phenoxy) is 1. The van der Waals surface area contributed by atoms with Crippen LogP contribution in [0.1, 0.15) is 12.8 Å². The number of rotatable bonds is 4. The third-order valence-corrected chi connectivity index (χ3v) is 4.53. The lowest BCUT2D eigenvalue weighted by Crippen LogP contribution is -2.48. The Morgan fingerprint density at radius 3 is 2.46 bits per heavy atom. The van der Waals surface area contributed by atoms with Gasteiger partial charge in [-0.3, -0.25) is 9.59 Å². The number of para-hydroxylation sites is 1. The van der Waals surface area contributed by atoms with E-state index in [0.29, 0.717) is 31.6 Å². The lowest BCUT2D eigenvalue weighted by atomic mass is 10.0. The average Bonchev–Trinajstić information content (AvgIpc) is 2.90. The van der Waals surface area contributed by atoms with Crippen molar-refractivity contribution < 1.29 is 19.1 Å². The SMILES string of the molecule is COCC(=O)N1CCC(N2CC(=O)N(c3ccccc3)C2=O)CC1. The molecule has 3 rings (SSSR count). The molecule has 0 spiro atoms. The molecule has 0 atom stereocenters. The summed E-state index contributed by atoms with van der Waals surface area (Å²) in [6, 6.07) is 8.68. The molecule has 2 aliphatic rings. The smallest absolute Gasteiger partial charge is 0.332 e. The molecular weight excluding hydrogens is 310 g/mol. The highest BCUT2D eigenvalue weighted by Gasteiger charge is 2.41. The molecular formula is C17H21N3O4. The lowest BCUT2D eigenvalue weighted by Gasteiger charge is -2.36. The van der Waals surface area contributed by atoms with E-state index in [0.717, 1.165) is 0 Å². The molecule has 0 aliphatic carbocycles. The second kappa shape index (κ2) is 7.00. The largest absolute Gasteiger partial charge is 0.375 e. The van der Waals surface area contributed by atoms with Gasteiger partial charge in [-0.2, -0.15) is 0 Å². The first kappa shape index (κ1) is 16.4. The lowest BCUT2D eigenvalue weighted by molar-refractivity contribution is -0.136. The second-order valence-corrected chi connectivity index (χ2v) is 6.02. The highest BCUT2D eigenvalue weighted by Crippen LogP contribution is 2.26. The zero-order valence-electron chi connectivity index (χ0n) is 13.7. The van der Waals surface area contributed by atoms with E-state index < -0.39 is 0 Å². The summed E-state index contributed by atoms with van der Waals surface area (Å²) in [5, 5.41) is 0. The number of amides is 4. The van der Waals surface area contributed by atoms with E-state index in [-0.39, 0.29) is 37.0 Å². The van der Waals surface area contributed by atoms with Crippen molar-refractivity contribution in [2.75, 3.05) is 38.3 Å². The van der Waals surface area contributed by atoms with Gasteiger partial charge < -0.3 is 14.5 Å². The number of carbonyl (C=O) groups is 3. The Kier molecular flexibility index (Phi) is 4.80. The van der Waals surface area contributed by atoms with Crippen molar-refractivity contribution in [2.24, 2.45) is 0 Å². The van der Waals surface area contributed by atoms with Crippen LogP contribution in [0, 0.1) is 0 Å². The van der Waals surface area contributed by atoms with E-state index in [1.165, 1.54) is 12.0 Å². The van der Waals surface area contributed by atoms with Gasteiger partial charge in [0.05, 0.1) is 5.69 Å². The van der Waals surface area contributed by atoms with Crippen LogP contribution in [0.4, 0.5) is 10.5 Å². The van der Waals surface area contributed by atoms with Crippen LogP contribution in [-0.2, 0) is 14.3 Å². The maximum absolute atomic E-state index is 12.7. The molecule has 7 nitrogen and oxygen atoms in total. The number of hydrogen-bond acceptors (Lipinski definition) is 4. The van der Waals surface area contributed by atoms with Gasteiger partial charge in [-0.05, 0) is 25.0 Å². The molecule has 0 bridgehead atoms. The molecule has 2 heterocycles. The number of carbonyl (C=O) groups excluding carboxylic acids is 3. The summed E-state index contributed by atoms with van der Waals surface area (Å²) in [5.41, 5.74) is 0.600. The van der Waals surface area contributed by atoms with Gasteiger partial charge in [0.15, 0.2) is 0 Å². The number of imide groups is 1. The first-order chi connectivity index (χ1) is 11.6. The summed E-state index contributed by atoms with van der Waals surface area (Å²) in [6.45, 7) is 1.34. The molecule has 1 aromatic rings. The van der Waals surface area contributed by atoms with Crippen LogP contribution in [0.2, 0.25) is 0 Å². The maximum Gasteiger partial charge on any atom is 0.332 e. The van der Waals surface area contributed by atoms with Crippen LogP contribution >= 0.6 is 0 Å². The Balaban J connectivity index is 1.64. The quantitative estimate of drug-likeness (QED) is 0.775. The summed E-state index contributed by atoms with van der Waals surface area (Å²) in [6.07, 6.45) is 1.36. The minimum absolute atomic E-state index is 0.0123. The highest BCUT2D eigenvalue weighted by atomic mass is 16.5. The summed E-state index contributed by atoms with van der Waals surface area (Å²) in [7, 11) is 1.50. The van der Waals surface area contributed by atoms with Gasteiger partial charge >= 0.3 is 6.03 Å². The Morgan fingerprint density at radius 2 is 1.83 bits per heavy atom. The maximum atomic E-state index is 12.7. The number of urea groups is 1. The number of hydrogen-bond donors (Lipinski definition) is 0. The van der Waals surface area contributed by atoms with Crippen molar-refractivity contribution in [1.29, 1.82) is 0 Å². The first-order valence-corrected chi connectivity index (χ1v) is 8.07. The Morgan fingerprint density at radius 1 is 1.17 bits per heavy atom. The number of benzene rings is 1. The molecule has 0 radical (unpaired) electrons. The molecule has 128 valence electrons. The van der Waals surface area contributed by atoms with Gasteiger partial charge in [0.2, 0.25) is 5.91 Å². The first-order valence-electron chi connectivity index (χ1n) is 8.07. The van der Waals surface area contributed by atoms with E-state index in [9.17, 15) is 14.4 Å². The molecule has 4 amide bonds. The van der Waals surface area contributed by atoms with Gasteiger partial charge in [0.25, 0.3) is 5.91 Å². The summed E-state index contributed by atoms with van der Waals surface area (Å²) >= 11 is 0. The highest BCUT2D eigenvalue weighted by molar-refractivity contribution is 6.19. The number of methoxy groups -OCH3 is 1. The summed E-state index contributed by atoms with van der Waals surface area (Å²) in [5.74, 6) is -0.241. The van der Waals surface area contributed by atoms with Gasteiger partial charge in [-0.15, -0.1) is 0 Å². The third-order valence-electron chi connectivity index (χ3n) is 4.53. The van der Waals surface area contributed by atoms with Crippen LogP contribution < -0.4 is 4.90 Å². The molecule has 1 aromatic carbocycles. The fourth-order valence-corrected chi connectivity index (χ4v) is 3.28. The molecule has 0 unspecified atom stereocenters. The standard InChI is InChI=1S/C17H21N3O4/c1-24-12-16(22)18-9-7-13(8-10-18)19-11-15(21)20(17(19)23)14-5-3-2-4-6-14/h2-6,13H,7-12H2,1H3. The molecule has 7 heteroatoms. The minimum Gasteiger partial charge on any atom is -0.375 e. The zero-order chi connectivity index (χ0) is 17.1. The number of likely N-dealkylation sites (tertiary alicyclic amines) is 1. The normalized spacial score (nSPS) is 19.3. The fourth-order valence-electron chi connectivity index (χ4n) is 3.28. The van der Waals surface area contributed by atoms with Gasteiger partial charge in [-0.25, -0.2) is 9.69 Å². The third kappa shape index (κ3) is 3.12. The Hall–Kier alpha value is -2.41. The Bertz CT molecular complexity index is 626. The van der Waals surface area contributed by atoms with E-state index in [2.05, 4.69) is 0 Å². The van der Waals surface area contributed by atoms with Crippen molar-refractivity contribution in [3.05, 3.63) is 30.3 Å². The second-order valence-electron chi connectivity index (χ2n) is 6.02. The molecule has 0 aromatic heterocycles. The summed E-state index contributed by atoms with van der Waals surface area (Å²) < 4.78 is 4.87. The van der Waals surface area contributed by atoms with Crippen molar-refractivity contribution in [1.82, 2.24) is 9.80 Å². The molecule has 2 saturated heterocycles. The molecule has 24 heavy (non-hydrogen) atoms. The van der Waals surface area contributed by atoms with Crippen LogP contribution in [0.25, 0.3) is 0 Å². The zero-order valence-corrected chi connectivity index (χ0v) is 13.7. The number of anilines is 1. The molecule has 0 N–H and O–H groups in total.